The lowest BCUT2D eigenvalue weighted by Crippen LogP contribution is -2.37. The predicted octanol–water partition coefficient (Wildman–Crippen LogP) is 11.6. The third-order valence-electron chi connectivity index (χ3n) is 8.49. The summed E-state index contributed by atoms with van der Waals surface area (Å²) in [5.74, 6) is -1.23. The zero-order valence-corrected chi connectivity index (χ0v) is 39.9. The summed E-state index contributed by atoms with van der Waals surface area (Å²) < 4.78 is 33.6. The molecule has 0 aliphatic rings. The normalized spacial score (nSPS) is 15.3. The van der Waals surface area contributed by atoms with E-state index in [4.69, 9.17) is 18.5 Å². The lowest BCUT2D eigenvalue weighted by Gasteiger charge is -2.28. The highest BCUT2D eigenvalue weighted by molar-refractivity contribution is 7.45. The highest BCUT2D eigenvalue weighted by atomic mass is 31.2. The van der Waals surface area contributed by atoms with Crippen LogP contribution in [0.5, 0.6) is 0 Å². The van der Waals surface area contributed by atoms with E-state index in [-0.39, 0.29) is 25.9 Å². The Morgan fingerprint density at radius 3 is 1.44 bits per heavy atom. The molecule has 0 radical (unpaired) electrons. The summed E-state index contributed by atoms with van der Waals surface area (Å²) in [4.78, 5) is 37.6. The number of aliphatic hydroxyl groups excluding tert-OH is 1. The number of phosphoric ester groups is 1. The summed E-state index contributed by atoms with van der Waals surface area (Å²) in [6.07, 6.45) is 58.0. The van der Waals surface area contributed by atoms with Gasteiger partial charge in [0.05, 0.1) is 33.9 Å². The number of ether oxygens (including phenoxy) is 2. The number of hydrogen-bond donors (Lipinski definition) is 1. The maximum atomic E-state index is 12.7. The summed E-state index contributed by atoms with van der Waals surface area (Å²) in [6, 6.07) is 0. The van der Waals surface area contributed by atoms with Crippen LogP contribution >= 0.6 is 7.82 Å². The number of hydrogen-bond acceptors (Lipinski definition) is 9. The van der Waals surface area contributed by atoms with E-state index < -0.39 is 45.2 Å². The van der Waals surface area contributed by atoms with Crippen molar-refractivity contribution in [2.24, 2.45) is 0 Å². The lowest BCUT2D eigenvalue weighted by molar-refractivity contribution is -0.870. The first-order chi connectivity index (χ1) is 30.4. The van der Waals surface area contributed by atoms with E-state index in [0.717, 1.165) is 70.6 Å². The maximum Gasteiger partial charge on any atom is 0.306 e. The van der Waals surface area contributed by atoms with Crippen LogP contribution in [0.4, 0.5) is 0 Å². The van der Waals surface area contributed by atoms with Crippen LogP contribution in [-0.2, 0) is 32.7 Å². The zero-order chi connectivity index (χ0) is 46.5. The number of aliphatic hydroxyl groups is 1. The van der Waals surface area contributed by atoms with Crippen LogP contribution in [0.2, 0.25) is 0 Å². The van der Waals surface area contributed by atoms with Gasteiger partial charge in [-0.2, -0.15) is 0 Å². The second-order valence-corrected chi connectivity index (χ2v) is 16.9. The van der Waals surface area contributed by atoms with Crippen molar-refractivity contribution in [1.82, 2.24) is 0 Å². The van der Waals surface area contributed by atoms with Gasteiger partial charge in [0, 0.05) is 12.8 Å². The Balaban J connectivity index is 4.73. The van der Waals surface area contributed by atoms with Crippen LogP contribution < -0.4 is 4.89 Å². The molecule has 0 aromatic rings. The van der Waals surface area contributed by atoms with Gasteiger partial charge >= 0.3 is 11.9 Å². The number of carbonyl (C=O) groups is 2. The van der Waals surface area contributed by atoms with Crippen LogP contribution in [0, 0.1) is 0 Å². The first-order valence-electron chi connectivity index (χ1n) is 22.7. The Hall–Kier alpha value is -4.15. The number of phosphoric acid groups is 1. The third kappa shape index (κ3) is 45.7. The van der Waals surface area contributed by atoms with Gasteiger partial charge in [-0.25, -0.2) is 0 Å². The molecule has 63 heavy (non-hydrogen) atoms. The molecule has 0 amide bonds. The molecule has 0 saturated heterocycles. The van der Waals surface area contributed by atoms with E-state index in [1.165, 1.54) is 0 Å². The largest absolute Gasteiger partial charge is 0.756 e. The third-order valence-corrected chi connectivity index (χ3v) is 9.45. The van der Waals surface area contributed by atoms with Gasteiger partial charge < -0.3 is 33.0 Å². The van der Waals surface area contributed by atoms with Crippen molar-refractivity contribution >= 4 is 19.8 Å². The standard InChI is InChI=1S/C52H80NO9P/c1-6-8-10-12-14-16-18-20-22-24-25-26-28-30-32-34-36-38-40-42-51(55)59-47-50(48-61-63(57,58)60-46-45-53(3,4)5)62-52(56)44-43-49(54)41-39-37-35-33-31-29-27-23-21-19-17-15-13-11-9-7-2/h8-11,14-17,20-23,25-26,29-32,35-39,41,49-50,54H,6-7,12-13,18-19,24,27-28,33-34,40,42-48H2,1-5H3/b10-8-,11-9-,16-14-,17-15-,22-20-,23-21-,26-25-,31-29-,32-30-,37-35-,38-36-,41-39-/t49?,50-/m1/s1. The Kier molecular flexibility index (Phi) is 39.1. The minimum absolute atomic E-state index is 0.0770. The molecule has 0 aliphatic carbocycles. The van der Waals surface area contributed by atoms with E-state index >= 15 is 0 Å². The van der Waals surface area contributed by atoms with Crippen molar-refractivity contribution in [2.75, 3.05) is 47.5 Å². The average Bonchev–Trinajstić information content (AvgIpc) is 3.24. The fraction of sp³-hybridized carbons (Fsp3) is 0.500. The maximum absolute atomic E-state index is 12.7. The van der Waals surface area contributed by atoms with Gasteiger partial charge in [-0.1, -0.05) is 160 Å². The van der Waals surface area contributed by atoms with Crippen LogP contribution in [0.15, 0.2) is 146 Å². The first kappa shape index (κ1) is 58.9. The van der Waals surface area contributed by atoms with Crippen LogP contribution in [0.1, 0.15) is 110 Å². The molecule has 352 valence electrons. The van der Waals surface area contributed by atoms with E-state index in [1.54, 1.807) is 12.2 Å². The van der Waals surface area contributed by atoms with Gasteiger partial charge in [-0.15, -0.1) is 0 Å². The van der Waals surface area contributed by atoms with Gasteiger partial charge in [0.1, 0.15) is 19.8 Å². The van der Waals surface area contributed by atoms with Crippen LogP contribution in [0.25, 0.3) is 0 Å². The van der Waals surface area contributed by atoms with Gasteiger partial charge in [0.15, 0.2) is 6.10 Å². The molecule has 0 spiro atoms. The minimum atomic E-state index is -4.72. The molecule has 11 heteroatoms. The molecule has 0 saturated carbocycles. The summed E-state index contributed by atoms with van der Waals surface area (Å²) in [6.45, 7) is 3.59. The summed E-state index contributed by atoms with van der Waals surface area (Å²) >= 11 is 0. The Morgan fingerprint density at radius 2 is 1.00 bits per heavy atom. The minimum Gasteiger partial charge on any atom is -0.756 e. The van der Waals surface area contributed by atoms with Crippen LogP contribution in [0.3, 0.4) is 0 Å². The van der Waals surface area contributed by atoms with Crippen molar-refractivity contribution < 1.29 is 47.2 Å². The Labute approximate surface area is 381 Å². The van der Waals surface area contributed by atoms with Crippen molar-refractivity contribution in [3.63, 3.8) is 0 Å². The van der Waals surface area contributed by atoms with Crippen molar-refractivity contribution in [1.29, 1.82) is 0 Å². The predicted molar refractivity (Wildman–Crippen MR) is 260 cm³/mol. The van der Waals surface area contributed by atoms with E-state index in [1.807, 2.05) is 45.4 Å². The molecule has 0 fully saturated rings. The van der Waals surface area contributed by atoms with Gasteiger partial charge in [0.2, 0.25) is 0 Å². The fourth-order valence-corrected chi connectivity index (χ4v) is 5.69. The molecule has 0 aliphatic heterocycles. The second kappa shape index (κ2) is 41.8. The molecule has 3 atom stereocenters. The summed E-state index contributed by atoms with van der Waals surface area (Å²) in [7, 11) is 0.953. The number of allylic oxidation sites excluding steroid dienone is 23. The highest BCUT2D eigenvalue weighted by Gasteiger charge is 2.22. The monoisotopic (exact) mass is 894 g/mol. The quantitative estimate of drug-likeness (QED) is 0.0211. The molecule has 0 bridgehead atoms. The zero-order valence-electron chi connectivity index (χ0n) is 39.1. The van der Waals surface area contributed by atoms with Crippen molar-refractivity contribution in [3.05, 3.63) is 146 Å². The van der Waals surface area contributed by atoms with Gasteiger partial charge in [-0.05, 0) is 83.5 Å². The number of rotatable bonds is 38. The van der Waals surface area contributed by atoms with Crippen molar-refractivity contribution in [2.45, 2.75) is 122 Å². The molecule has 0 aromatic heterocycles. The molecule has 1 N–H and O–H groups in total. The number of esters is 2. The number of carbonyl (C=O) groups excluding carboxylic acids is 2. The summed E-state index contributed by atoms with van der Waals surface area (Å²) in [5, 5.41) is 10.4. The molecule has 10 nitrogen and oxygen atoms in total. The lowest BCUT2D eigenvalue weighted by atomic mass is 10.2. The second-order valence-electron chi connectivity index (χ2n) is 15.5. The number of quaternary nitrogens is 1. The highest BCUT2D eigenvalue weighted by Crippen LogP contribution is 2.38. The topological polar surface area (TPSA) is 131 Å². The molecule has 2 unspecified atom stereocenters. The molecular weight excluding hydrogens is 814 g/mol. The first-order valence-corrected chi connectivity index (χ1v) is 24.1. The van der Waals surface area contributed by atoms with Gasteiger partial charge in [0.25, 0.3) is 7.82 Å². The van der Waals surface area contributed by atoms with Crippen LogP contribution in [-0.4, -0.2) is 81.2 Å². The van der Waals surface area contributed by atoms with E-state index in [0.29, 0.717) is 17.4 Å². The van der Waals surface area contributed by atoms with E-state index in [2.05, 4.69) is 123 Å². The van der Waals surface area contributed by atoms with Crippen molar-refractivity contribution in [3.8, 4) is 0 Å². The Bertz CT molecular complexity index is 1590. The van der Waals surface area contributed by atoms with E-state index in [9.17, 15) is 24.2 Å². The number of nitrogens with zero attached hydrogens (tertiary/aromatic N) is 1. The molecule has 0 heterocycles. The fourth-order valence-electron chi connectivity index (χ4n) is 4.96. The molecular formula is C52H80NO9P. The SMILES string of the molecule is CC/C=C\C/C=C\C/C=C\C/C=C\C/C=C\C=C/C(O)CCC(=O)O[C@H](COC(=O)CC/C=C\C/C=C\C/C=C\C/C=C\C/C=C\C/C=C\CC)COP(=O)([O-])OCC[N+](C)(C)C. The molecule has 0 rings (SSSR count). The Morgan fingerprint density at radius 1 is 0.571 bits per heavy atom. The smallest absolute Gasteiger partial charge is 0.306 e. The van der Waals surface area contributed by atoms with Gasteiger partial charge in [-0.3, -0.25) is 14.2 Å². The average molecular weight is 894 g/mol. The molecule has 0 aromatic carbocycles. The summed E-state index contributed by atoms with van der Waals surface area (Å²) in [5.41, 5.74) is 0. The number of likely N-dealkylation sites (N-methyl/N-ethyl adjacent to an activating group) is 1.